The van der Waals surface area contributed by atoms with Crippen LogP contribution in [0.3, 0.4) is 0 Å². The van der Waals surface area contributed by atoms with Gasteiger partial charge in [-0.3, -0.25) is 9.12 Å². The van der Waals surface area contributed by atoms with Crippen molar-refractivity contribution in [3.05, 3.63) is 77.8 Å². The fourth-order valence-electron chi connectivity index (χ4n) is 3.55. The van der Waals surface area contributed by atoms with Crippen LogP contribution in [0.5, 0.6) is 5.75 Å². The molecule has 0 saturated carbocycles. The number of aryl methyl sites for hydroxylation is 2. The summed E-state index contributed by atoms with van der Waals surface area (Å²) in [7, 11) is -2.09. The molecule has 10 heteroatoms. The van der Waals surface area contributed by atoms with E-state index in [1.165, 1.54) is 31.4 Å². The second-order valence-electron chi connectivity index (χ2n) is 7.29. The van der Waals surface area contributed by atoms with Crippen LogP contribution < -0.4 is 9.46 Å². The number of fused-ring (bicyclic) bond motifs is 1. The Morgan fingerprint density at radius 2 is 1.88 bits per heavy atom. The number of nitrogens with one attached hydrogen (secondary N) is 1. The monoisotopic (exact) mass is 458 g/mol. The molecule has 2 aromatic heterocycles. The van der Waals surface area contributed by atoms with Gasteiger partial charge in [-0.1, -0.05) is 12.1 Å². The molecule has 0 fully saturated rings. The van der Waals surface area contributed by atoms with E-state index >= 15 is 0 Å². The minimum atomic E-state index is -3.59. The second kappa shape index (κ2) is 8.54. The van der Waals surface area contributed by atoms with Crippen molar-refractivity contribution in [2.75, 3.05) is 18.1 Å². The molecule has 2 heterocycles. The van der Waals surface area contributed by atoms with E-state index in [0.29, 0.717) is 35.4 Å². The van der Waals surface area contributed by atoms with Crippen molar-refractivity contribution in [1.82, 2.24) is 14.6 Å². The van der Waals surface area contributed by atoms with Crippen LogP contribution in [-0.2, 0) is 22.9 Å². The molecule has 166 valence electrons. The third kappa shape index (κ3) is 4.54. The number of halogens is 2. The predicted octanol–water partition coefficient (Wildman–Crippen LogP) is 3.84. The number of methoxy groups -OCH3 is 1. The van der Waals surface area contributed by atoms with Gasteiger partial charge in [0.2, 0.25) is 10.0 Å². The topological polar surface area (TPSA) is 85.6 Å². The smallest absolute Gasteiger partial charge is 0.229 e. The van der Waals surface area contributed by atoms with Crippen molar-refractivity contribution in [2.24, 2.45) is 0 Å². The summed E-state index contributed by atoms with van der Waals surface area (Å²) >= 11 is 0. The van der Waals surface area contributed by atoms with E-state index in [9.17, 15) is 17.2 Å². The SMILES string of the molecule is COc1cc(F)ccc1CCc1ccc(-c2ccc(NS(C)(=O)=O)c(F)c2)c2nncn12. The van der Waals surface area contributed by atoms with Crippen LogP contribution in [0.1, 0.15) is 11.3 Å². The van der Waals surface area contributed by atoms with Crippen molar-refractivity contribution in [1.29, 1.82) is 0 Å². The largest absolute Gasteiger partial charge is 0.496 e. The zero-order valence-electron chi connectivity index (χ0n) is 17.3. The molecule has 32 heavy (non-hydrogen) atoms. The van der Waals surface area contributed by atoms with Gasteiger partial charge in [0.1, 0.15) is 23.7 Å². The lowest BCUT2D eigenvalue weighted by atomic mass is 10.0. The molecule has 1 N–H and O–H groups in total. The van der Waals surface area contributed by atoms with E-state index in [2.05, 4.69) is 14.9 Å². The number of ether oxygens (including phenoxy) is 1. The maximum atomic E-state index is 14.5. The summed E-state index contributed by atoms with van der Waals surface area (Å²) in [5, 5.41) is 8.16. The Morgan fingerprint density at radius 3 is 2.59 bits per heavy atom. The Bertz CT molecular complexity index is 1400. The molecule has 0 unspecified atom stereocenters. The quantitative estimate of drug-likeness (QED) is 0.455. The first-order chi connectivity index (χ1) is 15.2. The number of rotatable bonds is 7. The Balaban J connectivity index is 1.64. The summed E-state index contributed by atoms with van der Waals surface area (Å²) in [6.45, 7) is 0. The van der Waals surface area contributed by atoms with Crippen molar-refractivity contribution in [3.8, 4) is 16.9 Å². The number of hydrogen-bond acceptors (Lipinski definition) is 5. The zero-order chi connectivity index (χ0) is 22.9. The van der Waals surface area contributed by atoms with E-state index < -0.39 is 15.8 Å². The first kappa shape index (κ1) is 21.7. The fourth-order valence-corrected chi connectivity index (χ4v) is 4.11. The van der Waals surface area contributed by atoms with Crippen molar-refractivity contribution >= 4 is 21.4 Å². The van der Waals surface area contributed by atoms with E-state index in [-0.39, 0.29) is 11.5 Å². The standard InChI is InChI=1S/C22H20F2N4O3S/c1-31-21-12-16(23)6-3-14(21)4-7-17-8-9-18(22-26-25-13-28(17)22)15-5-10-20(19(24)11-15)27-32(2,29)30/h3,5-6,8-13,27H,4,7H2,1-2H3. The zero-order valence-corrected chi connectivity index (χ0v) is 18.2. The van der Waals surface area contributed by atoms with Crippen LogP contribution in [0, 0.1) is 11.6 Å². The van der Waals surface area contributed by atoms with Crippen molar-refractivity contribution < 1.29 is 21.9 Å². The lowest BCUT2D eigenvalue weighted by Crippen LogP contribution is -2.10. The molecule has 0 atom stereocenters. The van der Waals surface area contributed by atoms with Crippen molar-refractivity contribution in [3.63, 3.8) is 0 Å². The summed E-state index contributed by atoms with van der Waals surface area (Å²) < 4.78 is 59.9. The van der Waals surface area contributed by atoms with Crippen LogP contribution in [0.2, 0.25) is 0 Å². The van der Waals surface area contributed by atoms with E-state index in [0.717, 1.165) is 17.5 Å². The molecule has 0 radical (unpaired) electrons. The highest BCUT2D eigenvalue weighted by Crippen LogP contribution is 2.29. The van der Waals surface area contributed by atoms with Crippen LogP contribution >= 0.6 is 0 Å². The number of nitrogens with zero attached hydrogens (tertiary/aromatic N) is 3. The van der Waals surface area contributed by atoms with Gasteiger partial charge in [0.25, 0.3) is 0 Å². The van der Waals surface area contributed by atoms with Crippen molar-refractivity contribution in [2.45, 2.75) is 12.8 Å². The third-order valence-corrected chi connectivity index (χ3v) is 5.61. The number of pyridine rings is 1. The number of anilines is 1. The van der Waals surface area contributed by atoms with Gasteiger partial charge in [-0.2, -0.15) is 0 Å². The predicted molar refractivity (Wildman–Crippen MR) is 117 cm³/mol. The molecule has 4 aromatic rings. The van der Waals surface area contributed by atoms with Crippen LogP contribution in [-0.4, -0.2) is 36.4 Å². The normalized spacial score (nSPS) is 11.6. The molecular formula is C22H20F2N4O3S. The summed E-state index contributed by atoms with van der Waals surface area (Å²) in [5.74, 6) is -0.570. The van der Waals surface area contributed by atoms with E-state index in [4.69, 9.17) is 4.74 Å². The lowest BCUT2D eigenvalue weighted by Gasteiger charge is -2.12. The minimum absolute atomic E-state index is 0.126. The average Bonchev–Trinajstić information content (AvgIpc) is 3.23. The number of benzene rings is 2. The van der Waals surface area contributed by atoms with Crippen LogP contribution in [0.25, 0.3) is 16.8 Å². The van der Waals surface area contributed by atoms with Gasteiger partial charge in [0, 0.05) is 17.3 Å². The van der Waals surface area contributed by atoms with Gasteiger partial charge >= 0.3 is 0 Å². The summed E-state index contributed by atoms with van der Waals surface area (Å²) in [4.78, 5) is 0. The molecule has 0 aliphatic carbocycles. The average molecular weight is 458 g/mol. The first-order valence-corrected chi connectivity index (χ1v) is 11.6. The molecule has 0 aliphatic heterocycles. The van der Waals surface area contributed by atoms with Gasteiger partial charge in [0.05, 0.1) is 19.1 Å². The van der Waals surface area contributed by atoms with Gasteiger partial charge in [-0.05, 0) is 54.3 Å². The lowest BCUT2D eigenvalue weighted by molar-refractivity contribution is 0.406. The fraction of sp³-hybridized carbons (Fsp3) is 0.182. The molecule has 0 spiro atoms. The maximum Gasteiger partial charge on any atom is 0.229 e. The molecule has 0 bridgehead atoms. The molecular weight excluding hydrogens is 438 g/mol. The number of aromatic nitrogens is 3. The van der Waals surface area contributed by atoms with Gasteiger partial charge < -0.3 is 4.74 Å². The van der Waals surface area contributed by atoms with Gasteiger partial charge in [0.15, 0.2) is 5.65 Å². The first-order valence-electron chi connectivity index (χ1n) is 9.67. The number of hydrogen-bond donors (Lipinski definition) is 1. The number of sulfonamides is 1. The third-order valence-electron chi connectivity index (χ3n) is 5.02. The van der Waals surface area contributed by atoms with Crippen LogP contribution in [0.4, 0.5) is 14.5 Å². The van der Waals surface area contributed by atoms with E-state index in [1.54, 1.807) is 18.5 Å². The Morgan fingerprint density at radius 1 is 1.06 bits per heavy atom. The molecule has 0 amide bonds. The highest BCUT2D eigenvalue weighted by molar-refractivity contribution is 7.92. The summed E-state index contributed by atoms with van der Waals surface area (Å²) in [6.07, 6.45) is 3.76. The minimum Gasteiger partial charge on any atom is -0.496 e. The summed E-state index contributed by atoms with van der Waals surface area (Å²) in [6, 6.07) is 12.4. The summed E-state index contributed by atoms with van der Waals surface area (Å²) in [5.41, 5.74) is 3.38. The van der Waals surface area contributed by atoms with Crippen LogP contribution in [0.15, 0.2) is 54.9 Å². The molecule has 0 aliphatic rings. The highest BCUT2D eigenvalue weighted by Gasteiger charge is 2.14. The highest BCUT2D eigenvalue weighted by atomic mass is 32.2. The van der Waals surface area contributed by atoms with Gasteiger partial charge in [-0.15, -0.1) is 10.2 Å². The molecule has 7 nitrogen and oxygen atoms in total. The Hall–Kier alpha value is -3.53. The maximum absolute atomic E-state index is 14.5. The molecule has 2 aromatic carbocycles. The van der Waals surface area contributed by atoms with Gasteiger partial charge in [-0.25, -0.2) is 17.2 Å². The molecule has 0 saturated heterocycles. The Labute approximate surface area is 183 Å². The second-order valence-corrected chi connectivity index (χ2v) is 9.04. The molecule has 4 rings (SSSR count). The van der Waals surface area contributed by atoms with E-state index in [1.807, 2.05) is 16.5 Å². The Kier molecular flexibility index (Phi) is 5.79.